The number of hydrogen-bond donors (Lipinski definition) is 3. The number of aromatic nitrogens is 1. The molecule has 0 radical (unpaired) electrons. The van der Waals surface area contributed by atoms with Gasteiger partial charge in [-0.2, -0.15) is 0 Å². The molecule has 1 unspecified atom stereocenters. The van der Waals surface area contributed by atoms with E-state index in [0.29, 0.717) is 33.5 Å². The van der Waals surface area contributed by atoms with Crippen LogP contribution in [0.3, 0.4) is 0 Å². The molecule has 1 atom stereocenters. The van der Waals surface area contributed by atoms with Crippen LogP contribution in [-0.4, -0.2) is 32.0 Å². The SMILES string of the molecule is CCC(Sc1cccc(NC(=S)Nc2ccc(C(C)=O)cc2)c1)C(=O)Nc1nc(-c2cccc([N+](=O)[O-])c2)cs1. The Labute approximate surface area is 244 Å². The van der Waals surface area contributed by atoms with Gasteiger partial charge in [0.2, 0.25) is 5.91 Å². The predicted molar refractivity (Wildman–Crippen MR) is 166 cm³/mol. The third kappa shape index (κ3) is 7.72. The number of nitro groups is 1. The van der Waals surface area contributed by atoms with Gasteiger partial charge in [0.25, 0.3) is 5.69 Å². The number of ketones is 1. The maximum absolute atomic E-state index is 13.0. The monoisotopic (exact) mass is 591 g/mol. The summed E-state index contributed by atoms with van der Waals surface area (Å²) in [7, 11) is 0. The van der Waals surface area contributed by atoms with E-state index in [0.717, 1.165) is 16.3 Å². The zero-order valence-corrected chi connectivity index (χ0v) is 24.0. The second kappa shape index (κ2) is 13.3. The number of benzene rings is 3. The molecule has 0 fully saturated rings. The molecular formula is C28H25N5O4S3. The highest BCUT2D eigenvalue weighted by Gasteiger charge is 2.20. The molecule has 1 amide bonds. The Morgan fingerprint density at radius 1 is 1.02 bits per heavy atom. The number of nitrogens with zero attached hydrogens (tertiary/aromatic N) is 2. The molecular weight excluding hydrogens is 567 g/mol. The number of thiazole rings is 1. The van der Waals surface area contributed by atoms with Gasteiger partial charge in [-0.05, 0) is 68.0 Å². The average molecular weight is 592 g/mol. The number of thioether (sulfide) groups is 1. The summed E-state index contributed by atoms with van der Waals surface area (Å²) < 4.78 is 0. The molecule has 0 aliphatic rings. The molecule has 0 aliphatic carbocycles. The van der Waals surface area contributed by atoms with E-state index in [1.807, 2.05) is 31.2 Å². The van der Waals surface area contributed by atoms with Crippen molar-refractivity contribution < 1.29 is 14.5 Å². The maximum Gasteiger partial charge on any atom is 0.270 e. The molecule has 3 aromatic carbocycles. The third-order valence-electron chi connectivity index (χ3n) is 5.67. The molecule has 3 N–H and O–H groups in total. The molecule has 0 saturated carbocycles. The lowest BCUT2D eigenvalue weighted by Crippen LogP contribution is -2.24. The summed E-state index contributed by atoms with van der Waals surface area (Å²) in [6.45, 7) is 3.45. The summed E-state index contributed by atoms with van der Waals surface area (Å²) in [5, 5.41) is 22.4. The van der Waals surface area contributed by atoms with E-state index in [2.05, 4.69) is 20.9 Å². The quantitative estimate of drug-likeness (QED) is 0.0575. The first-order valence-electron chi connectivity index (χ1n) is 12.2. The van der Waals surface area contributed by atoms with Crippen molar-refractivity contribution in [2.45, 2.75) is 30.4 Å². The molecule has 0 aliphatic heterocycles. The van der Waals surface area contributed by atoms with E-state index in [1.165, 1.54) is 42.2 Å². The Balaban J connectivity index is 1.36. The van der Waals surface area contributed by atoms with E-state index >= 15 is 0 Å². The molecule has 4 aromatic rings. The number of amides is 1. The van der Waals surface area contributed by atoms with Crippen LogP contribution in [0, 0.1) is 10.1 Å². The second-order valence-electron chi connectivity index (χ2n) is 8.59. The Bertz CT molecular complexity index is 1560. The van der Waals surface area contributed by atoms with Crippen molar-refractivity contribution in [3.05, 3.63) is 93.9 Å². The zero-order valence-electron chi connectivity index (χ0n) is 21.5. The zero-order chi connectivity index (χ0) is 28.6. The number of thiocarbonyl (C=S) groups is 1. The van der Waals surface area contributed by atoms with E-state index < -0.39 is 4.92 Å². The largest absolute Gasteiger partial charge is 0.332 e. The number of nitrogens with one attached hydrogen (secondary N) is 3. The van der Waals surface area contributed by atoms with Crippen LogP contribution in [0.25, 0.3) is 11.3 Å². The summed E-state index contributed by atoms with van der Waals surface area (Å²) in [6, 6.07) is 20.9. The lowest BCUT2D eigenvalue weighted by Gasteiger charge is -2.15. The normalized spacial score (nSPS) is 11.3. The van der Waals surface area contributed by atoms with Gasteiger partial charge in [0.15, 0.2) is 16.0 Å². The molecule has 9 nitrogen and oxygen atoms in total. The van der Waals surface area contributed by atoms with Gasteiger partial charge < -0.3 is 16.0 Å². The molecule has 1 aromatic heterocycles. The first kappa shape index (κ1) is 28.9. The van der Waals surface area contributed by atoms with Crippen molar-refractivity contribution in [1.82, 2.24) is 4.98 Å². The molecule has 0 bridgehead atoms. The van der Waals surface area contributed by atoms with Crippen LogP contribution < -0.4 is 16.0 Å². The fourth-order valence-corrected chi connectivity index (χ4v) is 5.62. The van der Waals surface area contributed by atoms with Crippen molar-refractivity contribution in [2.24, 2.45) is 0 Å². The van der Waals surface area contributed by atoms with Gasteiger partial charge in [-0.15, -0.1) is 23.1 Å². The summed E-state index contributed by atoms with van der Waals surface area (Å²) in [4.78, 5) is 40.5. The lowest BCUT2D eigenvalue weighted by molar-refractivity contribution is -0.384. The molecule has 12 heteroatoms. The van der Waals surface area contributed by atoms with Gasteiger partial charge >= 0.3 is 0 Å². The number of nitro benzene ring substituents is 1. The second-order valence-corrected chi connectivity index (χ2v) is 11.1. The lowest BCUT2D eigenvalue weighted by atomic mass is 10.1. The third-order valence-corrected chi connectivity index (χ3v) is 7.99. The van der Waals surface area contributed by atoms with E-state index in [9.17, 15) is 19.7 Å². The van der Waals surface area contributed by atoms with Gasteiger partial charge in [-0.3, -0.25) is 19.7 Å². The number of carbonyl (C=O) groups excluding carboxylic acids is 2. The number of carbonyl (C=O) groups is 2. The molecule has 4 rings (SSSR count). The number of Topliss-reactive ketones (excluding diaryl/α,β-unsaturated/α-hetero) is 1. The topological polar surface area (TPSA) is 126 Å². The van der Waals surface area contributed by atoms with Crippen LogP contribution in [0.4, 0.5) is 22.2 Å². The van der Waals surface area contributed by atoms with Crippen LogP contribution in [0.1, 0.15) is 30.6 Å². The van der Waals surface area contributed by atoms with E-state index in [4.69, 9.17) is 12.2 Å². The smallest absolute Gasteiger partial charge is 0.270 e. The van der Waals surface area contributed by atoms with Crippen LogP contribution >= 0.6 is 35.3 Å². The minimum absolute atomic E-state index is 0.00230. The van der Waals surface area contributed by atoms with Gasteiger partial charge in [-0.25, -0.2) is 4.98 Å². The highest BCUT2D eigenvalue weighted by Crippen LogP contribution is 2.31. The van der Waals surface area contributed by atoms with Crippen LogP contribution in [0.15, 0.2) is 83.1 Å². The summed E-state index contributed by atoms with van der Waals surface area (Å²) in [6.07, 6.45) is 0.591. The van der Waals surface area contributed by atoms with Crippen molar-refractivity contribution in [2.75, 3.05) is 16.0 Å². The van der Waals surface area contributed by atoms with Gasteiger partial charge in [-0.1, -0.05) is 25.1 Å². The summed E-state index contributed by atoms with van der Waals surface area (Å²) in [5.41, 5.74) is 3.29. The summed E-state index contributed by atoms with van der Waals surface area (Å²) >= 11 is 8.12. The van der Waals surface area contributed by atoms with E-state index in [1.54, 1.807) is 41.8 Å². The summed E-state index contributed by atoms with van der Waals surface area (Å²) in [5.74, 6) is -0.186. The van der Waals surface area contributed by atoms with Crippen molar-refractivity contribution in [1.29, 1.82) is 0 Å². The first-order chi connectivity index (χ1) is 19.2. The van der Waals surface area contributed by atoms with Crippen molar-refractivity contribution in [3.8, 4) is 11.3 Å². The van der Waals surface area contributed by atoms with Crippen molar-refractivity contribution in [3.63, 3.8) is 0 Å². The maximum atomic E-state index is 13.0. The average Bonchev–Trinajstić information content (AvgIpc) is 3.40. The Morgan fingerprint density at radius 3 is 2.45 bits per heavy atom. The molecule has 0 saturated heterocycles. The van der Waals surface area contributed by atoms with Gasteiger partial charge in [0.1, 0.15) is 0 Å². The number of non-ortho nitro benzene ring substituents is 1. The fraction of sp³-hybridized carbons (Fsp3) is 0.143. The van der Waals surface area contributed by atoms with Crippen LogP contribution in [0.2, 0.25) is 0 Å². The number of rotatable bonds is 10. The highest BCUT2D eigenvalue weighted by molar-refractivity contribution is 8.00. The first-order valence-corrected chi connectivity index (χ1v) is 14.4. The minimum atomic E-state index is -0.453. The van der Waals surface area contributed by atoms with Gasteiger partial charge in [0, 0.05) is 44.9 Å². The van der Waals surface area contributed by atoms with Gasteiger partial charge in [0.05, 0.1) is 15.9 Å². The Kier molecular flexibility index (Phi) is 9.59. The molecule has 40 heavy (non-hydrogen) atoms. The molecule has 204 valence electrons. The van der Waals surface area contributed by atoms with Crippen molar-refractivity contribution >= 4 is 74.3 Å². The molecule has 1 heterocycles. The number of hydrogen-bond acceptors (Lipinski definition) is 8. The minimum Gasteiger partial charge on any atom is -0.332 e. The fourth-order valence-electron chi connectivity index (χ4n) is 3.64. The van der Waals surface area contributed by atoms with Crippen LogP contribution in [-0.2, 0) is 4.79 Å². The van der Waals surface area contributed by atoms with E-state index in [-0.39, 0.29) is 22.6 Å². The standard InChI is InChI=1S/C28H25N5O4S3/c1-3-25(26(35)32-28-31-24(16-39-28)19-6-4-8-22(14-19)33(36)37)40-23-9-5-7-21(15-23)30-27(38)29-20-12-10-18(11-13-20)17(2)34/h4-16,25H,3H2,1-2H3,(H2,29,30,38)(H,31,32,35). The highest BCUT2D eigenvalue weighted by atomic mass is 32.2. The van der Waals surface area contributed by atoms with Crippen LogP contribution in [0.5, 0.6) is 0 Å². The Morgan fingerprint density at radius 2 is 1.75 bits per heavy atom. The predicted octanol–water partition coefficient (Wildman–Crippen LogP) is 7.24. The number of anilines is 3. The molecule has 0 spiro atoms. The Hall–Kier alpha value is -4.13.